The number of amides is 2. The van der Waals surface area contributed by atoms with Crippen molar-refractivity contribution in [2.75, 3.05) is 0 Å². The molecule has 0 radical (unpaired) electrons. The first-order valence-electron chi connectivity index (χ1n) is 7.73. The van der Waals surface area contributed by atoms with Crippen molar-refractivity contribution in [1.29, 1.82) is 0 Å². The van der Waals surface area contributed by atoms with Crippen molar-refractivity contribution in [3.63, 3.8) is 0 Å². The van der Waals surface area contributed by atoms with Crippen molar-refractivity contribution in [2.24, 2.45) is 0 Å². The molecule has 2 aromatic carbocycles. The van der Waals surface area contributed by atoms with Crippen LogP contribution in [0.25, 0.3) is 0 Å². The Kier molecular flexibility index (Phi) is 3.70. The number of hydrogen-bond acceptors (Lipinski definition) is 4. The van der Waals surface area contributed by atoms with Crippen molar-refractivity contribution >= 4 is 11.8 Å². The van der Waals surface area contributed by atoms with E-state index in [1.807, 2.05) is 48.5 Å². The molecule has 25 heavy (non-hydrogen) atoms. The van der Waals surface area contributed by atoms with Gasteiger partial charge in [0.15, 0.2) is 5.76 Å². The maximum absolute atomic E-state index is 12.8. The summed E-state index contributed by atoms with van der Waals surface area (Å²) in [6.45, 7) is 0. The molecule has 1 aliphatic rings. The molecule has 3 aromatic rings. The zero-order chi connectivity index (χ0) is 17.2. The highest BCUT2D eigenvalue weighted by atomic mass is 16.5. The zero-order valence-electron chi connectivity index (χ0n) is 13.1. The van der Waals surface area contributed by atoms with E-state index in [9.17, 15) is 9.59 Å². The summed E-state index contributed by atoms with van der Waals surface area (Å²) in [5.74, 6) is -0.0985. The van der Waals surface area contributed by atoms with Crippen LogP contribution in [0.1, 0.15) is 27.6 Å². The maximum atomic E-state index is 12.8. The van der Waals surface area contributed by atoms with Crippen molar-refractivity contribution in [3.05, 3.63) is 83.8 Å². The van der Waals surface area contributed by atoms with Crippen LogP contribution in [0.3, 0.4) is 0 Å². The SMILES string of the molecule is O=C(NNC(=O)C1c2ccccc2Oc2ccccc21)c1ccco1. The van der Waals surface area contributed by atoms with Gasteiger partial charge in [-0.05, 0) is 24.3 Å². The van der Waals surface area contributed by atoms with Crippen LogP contribution in [0.15, 0.2) is 71.3 Å². The molecule has 0 atom stereocenters. The second-order valence-corrected chi connectivity index (χ2v) is 5.53. The third kappa shape index (κ3) is 2.74. The molecule has 0 saturated heterocycles. The molecule has 2 N–H and O–H groups in total. The number of carbonyl (C=O) groups is 2. The average Bonchev–Trinajstić information content (AvgIpc) is 3.18. The Morgan fingerprint density at radius 1 is 0.800 bits per heavy atom. The van der Waals surface area contributed by atoms with Crippen LogP contribution in [0.2, 0.25) is 0 Å². The van der Waals surface area contributed by atoms with E-state index < -0.39 is 11.8 Å². The van der Waals surface area contributed by atoms with Gasteiger partial charge in [0, 0.05) is 11.1 Å². The minimum Gasteiger partial charge on any atom is -0.459 e. The highest BCUT2D eigenvalue weighted by Gasteiger charge is 2.32. The predicted molar refractivity (Wildman–Crippen MR) is 89.1 cm³/mol. The lowest BCUT2D eigenvalue weighted by Crippen LogP contribution is -2.44. The normalized spacial score (nSPS) is 12.5. The molecule has 0 unspecified atom stereocenters. The van der Waals surface area contributed by atoms with Gasteiger partial charge >= 0.3 is 5.91 Å². The average molecular weight is 334 g/mol. The summed E-state index contributed by atoms with van der Waals surface area (Å²) < 4.78 is 10.9. The summed E-state index contributed by atoms with van der Waals surface area (Å²) in [5, 5.41) is 0. The lowest BCUT2D eigenvalue weighted by molar-refractivity contribution is -0.122. The fraction of sp³-hybridized carbons (Fsp3) is 0.0526. The van der Waals surface area contributed by atoms with E-state index in [0.29, 0.717) is 11.5 Å². The third-order valence-electron chi connectivity index (χ3n) is 3.99. The van der Waals surface area contributed by atoms with E-state index in [4.69, 9.17) is 9.15 Å². The first-order valence-corrected chi connectivity index (χ1v) is 7.73. The Labute approximate surface area is 143 Å². The quantitative estimate of drug-likeness (QED) is 0.706. The number of fused-ring (bicyclic) bond motifs is 2. The lowest BCUT2D eigenvalue weighted by atomic mass is 9.87. The molecule has 0 bridgehead atoms. The van der Waals surface area contributed by atoms with Gasteiger partial charge in [-0.2, -0.15) is 0 Å². The molecule has 6 nitrogen and oxygen atoms in total. The van der Waals surface area contributed by atoms with E-state index in [1.54, 1.807) is 6.07 Å². The predicted octanol–water partition coefficient (Wildman–Crippen LogP) is 2.98. The molecule has 0 saturated carbocycles. The van der Waals surface area contributed by atoms with E-state index in [2.05, 4.69) is 10.9 Å². The smallest absolute Gasteiger partial charge is 0.305 e. The van der Waals surface area contributed by atoms with E-state index in [0.717, 1.165) is 11.1 Å². The maximum Gasteiger partial charge on any atom is 0.305 e. The Balaban J connectivity index is 1.61. The van der Waals surface area contributed by atoms with Crippen LogP contribution < -0.4 is 15.6 Å². The lowest BCUT2D eigenvalue weighted by Gasteiger charge is -2.27. The van der Waals surface area contributed by atoms with Crippen LogP contribution >= 0.6 is 0 Å². The van der Waals surface area contributed by atoms with Gasteiger partial charge in [0.25, 0.3) is 5.91 Å². The second-order valence-electron chi connectivity index (χ2n) is 5.53. The first kappa shape index (κ1) is 15.0. The van der Waals surface area contributed by atoms with Crippen LogP contribution in [0.4, 0.5) is 0 Å². The molecular weight excluding hydrogens is 320 g/mol. The van der Waals surface area contributed by atoms with Crippen LogP contribution in [-0.4, -0.2) is 11.8 Å². The number of furan rings is 1. The van der Waals surface area contributed by atoms with Gasteiger partial charge in [0.1, 0.15) is 11.5 Å². The third-order valence-corrected chi connectivity index (χ3v) is 3.99. The number of hydrazine groups is 1. The molecule has 4 rings (SSSR count). The number of rotatable bonds is 2. The fourth-order valence-corrected chi connectivity index (χ4v) is 2.85. The number of benzene rings is 2. The fourth-order valence-electron chi connectivity index (χ4n) is 2.85. The van der Waals surface area contributed by atoms with Crippen LogP contribution in [0.5, 0.6) is 11.5 Å². The molecule has 0 aliphatic carbocycles. The minimum absolute atomic E-state index is 0.119. The highest BCUT2D eigenvalue weighted by molar-refractivity contribution is 5.95. The van der Waals surface area contributed by atoms with E-state index in [-0.39, 0.29) is 11.7 Å². The topological polar surface area (TPSA) is 80.6 Å². The highest BCUT2D eigenvalue weighted by Crippen LogP contribution is 2.43. The van der Waals surface area contributed by atoms with Gasteiger partial charge in [-0.1, -0.05) is 36.4 Å². The van der Waals surface area contributed by atoms with Gasteiger partial charge < -0.3 is 9.15 Å². The number of hydrogen-bond donors (Lipinski definition) is 2. The van der Waals surface area contributed by atoms with Crippen molar-refractivity contribution in [2.45, 2.75) is 5.92 Å². The summed E-state index contributed by atoms with van der Waals surface area (Å²) in [5.41, 5.74) is 6.32. The van der Waals surface area contributed by atoms with Gasteiger partial charge in [0.2, 0.25) is 0 Å². The monoisotopic (exact) mass is 334 g/mol. The number of carbonyl (C=O) groups excluding carboxylic acids is 2. The summed E-state index contributed by atoms with van der Waals surface area (Å²) in [4.78, 5) is 24.7. The van der Waals surface area contributed by atoms with Gasteiger partial charge in [-0.25, -0.2) is 0 Å². The molecule has 124 valence electrons. The Bertz CT molecular complexity index is 889. The Morgan fingerprint density at radius 3 is 2.04 bits per heavy atom. The van der Waals surface area contributed by atoms with E-state index >= 15 is 0 Å². The molecule has 1 aliphatic heterocycles. The van der Waals surface area contributed by atoms with E-state index in [1.165, 1.54) is 12.3 Å². The summed E-state index contributed by atoms with van der Waals surface area (Å²) in [6.07, 6.45) is 1.39. The zero-order valence-corrected chi connectivity index (χ0v) is 13.1. The summed E-state index contributed by atoms with van der Waals surface area (Å²) >= 11 is 0. The van der Waals surface area contributed by atoms with Crippen LogP contribution in [0, 0.1) is 0 Å². The largest absolute Gasteiger partial charge is 0.459 e. The number of nitrogens with one attached hydrogen (secondary N) is 2. The van der Waals surface area contributed by atoms with Gasteiger partial charge in [-0.3, -0.25) is 20.4 Å². The standard InChI is InChI=1S/C19H14N2O4/c22-18(16-10-5-11-24-16)20-21-19(23)17-12-6-1-3-8-14(12)25-15-9-4-2-7-13(15)17/h1-11,17H,(H,20,22)(H,21,23). The summed E-state index contributed by atoms with van der Waals surface area (Å²) in [6, 6.07) is 17.8. The molecule has 2 amide bonds. The number of para-hydroxylation sites is 2. The minimum atomic E-state index is -0.585. The molecule has 0 spiro atoms. The van der Waals surface area contributed by atoms with Crippen molar-refractivity contribution in [3.8, 4) is 11.5 Å². The molecular formula is C19H14N2O4. The van der Waals surface area contributed by atoms with Crippen molar-refractivity contribution < 1.29 is 18.7 Å². The van der Waals surface area contributed by atoms with Gasteiger partial charge in [0.05, 0.1) is 12.2 Å². The second kappa shape index (κ2) is 6.16. The summed E-state index contributed by atoms with van der Waals surface area (Å²) in [7, 11) is 0. The Hall–Kier alpha value is -3.54. The van der Waals surface area contributed by atoms with Crippen LogP contribution in [-0.2, 0) is 4.79 Å². The molecule has 1 aromatic heterocycles. The first-order chi connectivity index (χ1) is 12.2. The molecule has 6 heteroatoms. The van der Waals surface area contributed by atoms with Crippen molar-refractivity contribution in [1.82, 2.24) is 10.9 Å². The number of ether oxygens (including phenoxy) is 1. The van der Waals surface area contributed by atoms with Gasteiger partial charge in [-0.15, -0.1) is 0 Å². The molecule has 0 fully saturated rings. The Morgan fingerprint density at radius 2 is 1.44 bits per heavy atom. The molecule has 2 heterocycles.